The van der Waals surface area contributed by atoms with Gasteiger partial charge in [-0.1, -0.05) is 19.8 Å². The van der Waals surface area contributed by atoms with Crippen LogP contribution < -0.4 is 5.32 Å². The second-order valence-electron chi connectivity index (χ2n) is 3.26. The van der Waals surface area contributed by atoms with Crippen molar-refractivity contribution in [3.8, 4) is 0 Å². The van der Waals surface area contributed by atoms with Crippen LogP contribution in [0.1, 0.15) is 31.9 Å². The maximum atomic E-state index is 11.2. The van der Waals surface area contributed by atoms with E-state index in [-0.39, 0.29) is 0 Å². The van der Waals surface area contributed by atoms with Gasteiger partial charge in [0, 0.05) is 5.38 Å². The van der Waals surface area contributed by atoms with Crippen LogP contribution >= 0.6 is 11.3 Å². The van der Waals surface area contributed by atoms with E-state index in [1.807, 2.05) is 12.3 Å². The van der Waals surface area contributed by atoms with Gasteiger partial charge < -0.3 is 4.74 Å². The number of nitrogens with one attached hydrogen (secondary N) is 1. The molecule has 0 aliphatic rings. The number of aromatic nitrogens is 1. The van der Waals surface area contributed by atoms with Crippen molar-refractivity contribution in [1.82, 2.24) is 4.98 Å². The van der Waals surface area contributed by atoms with Crippen molar-refractivity contribution in [2.45, 2.75) is 33.1 Å². The van der Waals surface area contributed by atoms with Crippen LogP contribution in [0.5, 0.6) is 0 Å². The van der Waals surface area contributed by atoms with Crippen molar-refractivity contribution in [3.63, 3.8) is 0 Å². The van der Waals surface area contributed by atoms with Crippen molar-refractivity contribution in [2.24, 2.45) is 0 Å². The van der Waals surface area contributed by atoms with Crippen molar-refractivity contribution in [2.75, 3.05) is 11.9 Å². The molecular formula is C10H16N2O2S. The highest BCUT2D eigenvalue weighted by molar-refractivity contribution is 7.13. The highest BCUT2D eigenvalue weighted by atomic mass is 32.1. The van der Waals surface area contributed by atoms with Crippen LogP contribution in [0.25, 0.3) is 0 Å². The van der Waals surface area contributed by atoms with E-state index in [1.165, 1.54) is 11.3 Å². The van der Waals surface area contributed by atoms with Gasteiger partial charge in [-0.2, -0.15) is 0 Å². The zero-order valence-electron chi connectivity index (χ0n) is 9.08. The van der Waals surface area contributed by atoms with Gasteiger partial charge in [0.15, 0.2) is 5.13 Å². The van der Waals surface area contributed by atoms with Gasteiger partial charge >= 0.3 is 6.09 Å². The predicted molar refractivity (Wildman–Crippen MR) is 61.3 cm³/mol. The standard InChI is InChI=1S/C10H16N2O2S/c1-3-4-5-6-14-10(13)12-9-11-8(2)7-15-9/h7H,3-6H2,1-2H3,(H,11,12,13). The number of anilines is 1. The molecule has 1 N–H and O–H groups in total. The van der Waals surface area contributed by atoms with E-state index in [0.29, 0.717) is 11.7 Å². The van der Waals surface area contributed by atoms with Gasteiger partial charge in [-0.15, -0.1) is 11.3 Å². The third kappa shape index (κ3) is 4.78. The SMILES string of the molecule is CCCCCOC(=O)Nc1nc(C)cs1. The second kappa shape index (κ2) is 6.40. The van der Waals surface area contributed by atoms with Gasteiger partial charge in [-0.05, 0) is 13.3 Å². The number of amides is 1. The lowest BCUT2D eigenvalue weighted by molar-refractivity contribution is 0.159. The summed E-state index contributed by atoms with van der Waals surface area (Å²) in [4.78, 5) is 15.3. The molecule has 1 rings (SSSR count). The molecule has 0 aliphatic heterocycles. The number of carbonyl (C=O) groups excluding carboxylic acids is 1. The van der Waals surface area contributed by atoms with E-state index in [0.717, 1.165) is 25.0 Å². The van der Waals surface area contributed by atoms with E-state index in [9.17, 15) is 4.79 Å². The zero-order valence-corrected chi connectivity index (χ0v) is 9.89. The Morgan fingerprint density at radius 1 is 1.60 bits per heavy atom. The Labute approximate surface area is 93.7 Å². The minimum Gasteiger partial charge on any atom is -0.449 e. The lowest BCUT2D eigenvalue weighted by atomic mass is 10.3. The van der Waals surface area contributed by atoms with Gasteiger partial charge in [-0.25, -0.2) is 9.78 Å². The maximum absolute atomic E-state index is 11.2. The monoisotopic (exact) mass is 228 g/mol. The largest absolute Gasteiger partial charge is 0.449 e. The van der Waals surface area contributed by atoms with Crippen LogP contribution in [0.15, 0.2) is 5.38 Å². The summed E-state index contributed by atoms with van der Waals surface area (Å²) in [5.41, 5.74) is 0.904. The van der Waals surface area contributed by atoms with Crippen LogP contribution in [-0.2, 0) is 4.74 Å². The van der Waals surface area contributed by atoms with Crippen LogP contribution in [0.4, 0.5) is 9.93 Å². The summed E-state index contributed by atoms with van der Waals surface area (Å²) in [6.07, 6.45) is 2.71. The smallest absolute Gasteiger partial charge is 0.413 e. The molecule has 0 saturated carbocycles. The Bertz CT molecular complexity index is 312. The summed E-state index contributed by atoms with van der Waals surface area (Å²) in [5.74, 6) is 0. The van der Waals surface area contributed by atoms with Gasteiger partial charge in [0.1, 0.15) is 0 Å². The predicted octanol–water partition coefficient (Wildman–Crippen LogP) is 3.19. The molecule has 15 heavy (non-hydrogen) atoms. The molecule has 0 spiro atoms. The minimum atomic E-state index is -0.416. The van der Waals surface area contributed by atoms with E-state index in [2.05, 4.69) is 17.2 Å². The molecule has 4 nitrogen and oxygen atoms in total. The van der Waals surface area contributed by atoms with Crippen molar-refractivity contribution < 1.29 is 9.53 Å². The highest BCUT2D eigenvalue weighted by Crippen LogP contribution is 2.14. The third-order valence-electron chi connectivity index (χ3n) is 1.81. The van der Waals surface area contributed by atoms with Crippen molar-refractivity contribution in [3.05, 3.63) is 11.1 Å². The number of hydrogen-bond acceptors (Lipinski definition) is 4. The first-order chi connectivity index (χ1) is 7.22. The topological polar surface area (TPSA) is 51.2 Å². The fourth-order valence-corrected chi connectivity index (χ4v) is 1.73. The molecule has 0 bridgehead atoms. The van der Waals surface area contributed by atoms with Crippen LogP contribution in [-0.4, -0.2) is 17.7 Å². The molecule has 1 aromatic heterocycles. The quantitative estimate of drug-likeness (QED) is 0.787. The first-order valence-corrected chi connectivity index (χ1v) is 5.96. The maximum Gasteiger partial charge on any atom is 0.413 e. The van der Waals surface area contributed by atoms with Gasteiger partial charge in [0.05, 0.1) is 12.3 Å². The van der Waals surface area contributed by atoms with Crippen LogP contribution in [0.3, 0.4) is 0 Å². The fourth-order valence-electron chi connectivity index (χ4n) is 1.05. The lowest BCUT2D eigenvalue weighted by Gasteiger charge is -2.03. The number of nitrogens with zero attached hydrogens (tertiary/aromatic N) is 1. The molecule has 0 atom stereocenters. The Morgan fingerprint density at radius 3 is 3.00 bits per heavy atom. The summed E-state index contributed by atoms with van der Waals surface area (Å²) >= 11 is 1.40. The van der Waals surface area contributed by atoms with Crippen LogP contribution in [0.2, 0.25) is 0 Å². The molecule has 0 aromatic carbocycles. The van der Waals surface area contributed by atoms with E-state index in [1.54, 1.807) is 0 Å². The minimum absolute atomic E-state index is 0.416. The third-order valence-corrected chi connectivity index (χ3v) is 2.68. The molecule has 1 heterocycles. The summed E-state index contributed by atoms with van der Waals surface area (Å²) in [6.45, 7) is 4.47. The number of thiazole rings is 1. The number of aryl methyl sites for hydroxylation is 1. The molecule has 1 aromatic rings. The molecule has 1 amide bonds. The molecule has 0 aliphatic carbocycles. The highest BCUT2D eigenvalue weighted by Gasteiger charge is 2.05. The molecule has 0 fully saturated rings. The first kappa shape index (κ1) is 12.0. The molecule has 0 unspecified atom stereocenters. The van der Waals surface area contributed by atoms with E-state index in [4.69, 9.17) is 4.74 Å². The number of hydrogen-bond donors (Lipinski definition) is 1. The average molecular weight is 228 g/mol. The number of carbonyl (C=O) groups is 1. The van der Waals surface area contributed by atoms with Crippen molar-refractivity contribution >= 4 is 22.6 Å². The van der Waals surface area contributed by atoms with E-state index >= 15 is 0 Å². The number of unbranched alkanes of at least 4 members (excludes halogenated alkanes) is 2. The van der Waals surface area contributed by atoms with Gasteiger partial charge in [0.25, 0.3) is 0 Å². The summed E-state index contributed by atoms with van der Waals surface area (Å²) in [7, 11) is 0. The number of rotatable bonds is 5. The molecule has 0 radical (unpaired) electrons. The summed E-state index contributed by atoms with van der Waals surface area (Å²) in [5, 5.41) is 5.06. The normalized spacial score (nSPS) is 10.0. The number of ether oxygens (including phenoxy) is 1. The van der Waals surface area contributed by atoms with E-state index < -0.39 is 6.09 Å². The molecular weight excluding hydrogens is 212 g/mol. The van der Waals surface area contributed by atoms with Gasteiger partial charge in [0.2, 0.25) is 0 Å². The fraction of sp³-hybridized carbons (Fsp3) is 0.600. The lowest BCUT2D eigenvalue weighted by Crippen LogP contribution is -2.14. The summed E-state index contributed by atoms with van der Waals surface area (Å²) < 4.78 is 4.97. The zero-order chi connectivity index (χ0) is 11.1. The summed E-state index contributed by atoms with van der Waals surface area (Å²) in [6, 6.07) is 0. The van der Waals surface area contributed by atoms with Crippen LogP contribution in [0, 0.1) is 6.92 Å². The Morgan fingerprint density at radius 2 is 2.40 bits per heavy atom. The average Bonchev–Trinajstić information content (AvgIpc) is 2.59. The Balaban J connectivity index is 2.18. The van der Waals surface area contributed by atoms with Crippen molar-refractivity contribution in [1.29, 1.82) is 0 Å². The molecule has 5 heteroatoms. The molecule has 84 valence electrons. The van der Waals surface area contributed by atoms with Gasteiger partial charge in [-0.3, -0.25) is 5.32 Å². The Kier molecular flexibility index (Phi) is 5.10. The first-order valence-electron chi connectivity index (χ1n) is 5.08. The Hall–Kier alpha value is -1.10. The molecule has 0 saturated heterocycles. The second-order valence-corrected chi connectivity index (χ2v) is 4.12.